The number of ether oxygens (including phenoxy) is 1. The highest BCUT2D eigenvalue weighted by Gasteiger charge is 2.38. The van der Waals surface area contributed by atoms with E-state index in [0.29, 0.717) is 5.56 Å². The number of benzene rings is 1. The molecular formula is C10H10FIO. The summed E-state index contributed by atoms with van der Waals surface area (Å²) in [6, 6.07) is 5.13. The summed E-state index contributed by atoms with van der Waals surface area (Å²) in [4.78, 5) is 0. The second-order valence-electron chi connectivity index (χ2n) is 3.65. The average molecular weight is 292 g/mol. The lowest BCUT2D eigenvalue weighted by Gasteiger charge is -2.19. The minimum Gasteiger partial charge on any atom is -0.352 e. The second-order valence-corrected chi connectivity index (χ2v) is 4.78. The quantitative estimate of drug-likeness (QED) is 0.525. The van der Waals surface area contributed by atoms with E-state index in [9.17, 15) is 4.39 Å². The zero-order valence-corrected chi connectivity index (χ0v) is 9.63. The van der Waals surface area contributed by atoms with E-state index in [4.69, 9.17) is 4.74 Å². The molecule has 1 aromatic carbocycles. The molecule has 0 amide bonds. The standard InChI is InChI=1S/C10H10FIO/c1-10(2)8-6(9(12)13-10)4-3-5-7(8)11/h3-5,9H,1-2H3. The molecular weight excluding hydrogens is 282 g/mol. The Hall–Kier alpha value is -0.160. The fourth-order valence-electron chi connectivity index (χ4n) is 1.75. The van der Waals surface area contributed by atoms with Gasteiger partial charge in [-0.2, -0.15) is 0 Å². The minimum absolute atomic E-state index is 0.0294. The van der Waals surface area contributed by atoms with E-state index in [0.717, 1.165) is 5.56 Å². The Balaban J connectivity index is 2.66. The molecule has 70 valence electrons. The summed E-state index contributed by atoms with van der Waals surface area (Å²) in [5.74, 6) is -0.165. The summed E-state index contributed by atoms with van der Waals surface area (Å²) in [6.07, 6.45) is 0. The number of alkyl halides is 1. The van der Waals surface area contributed by atoms with Crippen LogP contribution in [0.3, 0.4) is 0 Å². The Kier molecular flexibility index (Phi) is 2.11. The number of hydrogen-bond acceptors (Lipinski definition) is 1. The molecule has 0 bridgehead atoms. The van der Waals surface area contributed by atoms with Crippen LogP contribution in [0.2, 0.25) is 0 Å². The van der Waals surface area contributed by atoms with E-state index in [1.165, 1.54) is 6.07 Å². The maximum absolute atomic E-state index is 13.5. The van der Waals surface area contributed by atoms with Crippen LogP contribution in [-0.2, 0) is 10.3 Å². The number of halogens is 2. The first kappa shape index (κ1) is 9.40. The van der Waals surface area contributed by atoms with Crippen molar-refractivity contribution in [2.24, 2.45) is 0 Å². The van der Waals surface area contributed by atoms with Crippen molar-refractivity contribution in [1.29, 1.82) is 0 Å². The highest BCUT2D eigenvalue weighted by Crippen LogP contribution is 2.47. The predicted molar refractivity (Wildman–Crippen MR) is 57.3 cm³/mol. The molecule has 0 fully saturated rings. The van der Waals surface area contributed by atoms with E-state index in [1.54, 1.807) is 6.07 Å². The van der Waals surface area contributed by atoms with E-state index in [2.05, 4.69) is 22.6 Å². The van der Waals surface area contributed by atoms with Crippen molar-refractivity contribution < 1.29 is 9.13 Å². The predicted octanol–water partition coefficient (Wildman–Crippen LogP) is 3.52. The van der Waals surface area contributed by atoms with Gasteiger partial charge >= 0.3 is 0 Å². The topological polar surface area (TPSA) is 9.23 Å². The van der Waals surface area contributed by atoms with Gasteiger partial charge in [-0.1, -0.05) is 12.1 Å². The van der Waals surface area contributed by atoms with Gasteiger partial charge in [0.15, 0.2) is 0 Å². The van der Waals surface area contributed by atoms with Crippen LogP contribution in [0.5, 0.6) is 0 Å². The normalized spacial score (nSPS) is 24.5. The Bertz CT molecular complexity index is 349. The van der Waals surface area contributed by atoms with Crippen LogP contribution in [-0.4, -0.2) is 0 Å². The van der Waals surface area contributed by atoms with Crippen molar-refractivity contribution in [3.8, 4) is 0 Å². The lowest BCUT2D eigenvalue weighted by atomic mass is 9.96. The molecule has 1 atom stereocenters. The minimum atomic E-state index is -0.494. The van der Waals surface area contributed by atoms with Crippen LogP contribution in [0.25, 0.3) is 0 Å². The molecule has 1 aliphatic rings. The molecule has 0 saturated carbocycles. The number of rotatable bonds is 0. The first-order valence-electron chi connectivity index (χ1n) is 4.13. The highest BCUT2D eigenvalue weighted by molar-refractivity contribution is 14.1. The Morgan fingerprint density at radius 3 is 2.77 bits per heavy atom. The van der Waals surface area contributed by atoms with Gasteiger partial charge in [0, 0.05) is 5.56 Å². The lowest BCUT2D eigenvalue weighted by molar-refractivity contribution is -0.00718. The summed E-state index contributed by atoms with van der Waals surface area (Å²) >= 11 is 2.18. The zero-order chi connectivity index (χ0) is 9.64. The van der Waals surface area contributed by atoms with E-state index in [1.807, 2.05) is 19.9 Å². The molecule has 1 aliphatic heterocycles. The molecule has 0 radical (unpaired) electrons. The molecule has 0 saturated heterocycles. The van der Waals surface area contributed by atoms with E-state index in [-0.39, 0.29) is 9.93 Å². The first-order chi connectivity index (χ1) is 6.02. The summed E-state index contributed by atoms with van der Waals surface area (Å²) in [5, 5.41) is 0. The largest absolute Gasteiger partial charge is 0.352 e. The third-order valence-corrected chi connectivity index (χ3v) is 3.22. The molecule has 1 nitrogen and oxygen atoms in total. The van der Waals surface area contributed by atoms with Crippen molar-refractivity contribution in [1.82, 2.24) is 0 Å². The highest BCUT2D eigenvalue weighted by atomic mass is 127. The van der Waals surface area contributed by atoms with Gasteiger partial charge in [-0.25, -0.2) is 4.39 Å². The van der Waals surface area contributed by atoms with Crippen molar-refractivity contribution in [2.75, 3.05) is 0 Å². The Labute approximate surface area is 90.4 Å². The molecule has 0 N–H and O–H groups in total. The molecule has 1 unspecified atom stereocenters. The van der Waals surface area contributed by atoms with Gasteiger partial charge in [0.05, 0.1) is 5.60 Å². The Morgan fingerprint density at radius 2 is 2.15 bits per heavy atom. The third kappa shape index (κ3) is 1.38. The SMILES string of the molecule is CC1(C)OC(I)c2cccc(F)c21. The van der Waals surface area contributed by atoms with Crippen molar-refractivity contribution in [3.63, 3.8) is 0 Å². The van der Waals surface area contributed by atoms with Crippen LogP contribution in [0, 0.1) is 5.82 Å². The molecule has 0 spiro atoms. The van der Waals surface area contributed by atoms with E-state index < -0.39 is 5.60 Å². The maximum atomic E-state index is 13.5. The smallest absolute Gasteiger partial charge is 0.135 e. The first-order valence-corrected chi connectivity index (χ1v) is 5.38. The van der Waals surface area contributed by atoms with Gasteiger partial charge in [-0.05, 0) is 48.1 Å². The fourth-order valence-corrected chi connectivity index (χ4v) is 2.90. The van der Waals surface area contributed by atoms with Crippen LogP contribution in [0.4, 0.5) is 4.39 Å². The van der Waals surface area contributed by atoms with Gasteiger partial charge < -0.3 is 4.74 Å². The molecule has 0 aliphatic carbocycles. The van der Waals surface area contributed by atoms with Crippen molar-refractivity contribution >= 4 is 22.6 Å². The number of fused-ring (bicyclic) bond motifs is 1. The molecule has 13 heavy (non-hydrogen) atoms. The second kappa shape index (κ2) is 2.92. The lowest BCUT2D eigenvalue weighted by Crippen LogP contribution is -2.16. The molecule has 1 aromatic rings. The van der Waals surface area contributed by atoms with Gasteiger partial charge in [-0.3, -0.25) is 0 Å². The number of hydrogen-bond donors (Lipinski definition) is 0. The van der Waals surface area contributed by atoms with Crippen molar-refractivity contribution in [2.45, 2.75) is 23.6 Å². The summed E-state index contributed by atoms with van der Waals surface area (Å²) in [6.45, 7) is 3.79. The van der Waals surface area contributed by atoms with Crippen LogP contribution >= 0.6 is 22.6 Å². The van der Waals surface area contributed by atoms with Crippen LogP contribution < -0.4 is 0 Å². The summed E-state index contributed by atoms with van der Waals surface area (Å²) in [7, 11) is 0. The average Bonchev–Trinajstić information content (AvgIpc) is 2.24. The van der Waals surface area contributed by atoms with Gasteiger partial charge in [0.25, 0.3) is 0 Å². The van der Waals surface area contributed by atoms with Crippen molar-refractivity contribution in [3.05, 3.63) is 35.1 Å². The molecule has 3 heteroatoms. The maximum Gasteiger partial charge on any atom is 0.135 e. The molecule has 0 aromatic heterocycles. The Morgan fingerprint density at radius 1 is 1.46 bits per heavy atom. The van der Waals surface area contributed by atoms with Crippen LogP contribution in [0.1, 0.15) is 29.1 Å². The van der Waals surface area contributed by atoms with Gasteiger partial charge in [0.2, 0.25) is 0 Å². The van der Waals surface area contributed by atoms with Gasteiger partial charge in [-0.15, -0.1) is 0 Å². The fraction of sp³-hybridized carbons (Fsp3) is 0.400. The van der Waals surface area contributed by atoms with E-state index >= 15 is 0 Å². The third-order valence-electron chi connectivity index (χ3n) is 2.29. The zero-order valence-electron chi connectivity index (χ0n) is 7.47. The van der Waals surface area contributed by atoms with Gasteiger partial charge in [0.1, 0.15) is 9.93 Å². The van der Waals surface area contributed by atoms with Crippen LogP contribution in [0.15, 0.2) is 18.2 Å². The molecule has 2 rings (SSSR count). The molecule has 1 heterocycles. The monoisotopic (exact) mass is 292 g/mol. The summed E-state index contributed by atoms with van der Waals surface area (Å²) < 4.78 is 19.1. The summed E-state index contributed by atoms with van der Waals surface area (Å²) in [5.41, 5.74) is 1.17.